The Balaban J connectivity index is 1.69. The molecule has 0 saturated heterocycles. The van der Waals surface area contributed by atoms with Crippen LogP contribution in [0.25, 0.3) is 21.6 Å². The molecule has 0 radical (unpaired) electrons. The van der Waals surface area contributed by atoms with Crippen molar-refractivity contribution in [3.05, 3.63) is 59.6 Å². The predicted molar refractivity (Wildman–Crippen MR) is 89.8 cm³/mol. The summed E-state index contributed by atoms with van der Waals surface area (Å²) in [5, 5.41) is 3.51. The van der Waals surface area contributed by atoms with Crippen LogP contribution in [-0.4, -0.2) is 24.5 Å². The number of imidazole rings is 1. The van der Waals surface area contributed by atoms with Crippen LogP contribution in [0.5, 0.6) is 0 Å². The molecule has 0 bridgehead atoms. The van der Waals surface area contributed by atoms with E-state index in [0.29, 0.717) is 17.2 Å². The molecule has 0 spiro atoms. The van der Waals surface area contributed by atoms with Crippen LogP contribution in [0, 0.1) is 17.7 Å². The number of nitrogens with zero attached hydrogens (tertiary/aromatic N) is 5. The lowest BCUT2D eigenvalue weighted by Crippen LogP contribution is -1.93. The molecule has 0 amide bonds. The molecular weight excluding hydrogens is 325 g/mol. The predicted octanol–water partition coefficient (Wildman–Crippen LogP) is 3.03. The Morgan fingerprint density at radius 3 is 2.92 bits per heavy atom. The van der Waals surface area contributed by atoms with Gasteiger partial charge in [0.2, 0.25) is 5.82 Å². The molecule has 116 valence electrons. The van der Waals surface area contributed by atoms with E-state index in [1.54, 1.807) is 18.5 Å². The van der Waals surface area contributed by atoms with Gasteiger partial charge in [0.05, 0.1) is 5.52 Å². The SMILES string of the molecule is Cn1cc(-c2nccs2)nc1C#Cc1ncc2ccc(F)cc2n1. The zero-order chi connectivity index (χ0) is 16.5. The highest BCUT2D eigenvalue weighted by molar-refractivity contribution is 7.13. The zero-order valence-corrected chi connectivity index (χ0v) is 13.4. The average molecular weight is 335 g/mol. The van der Waals surface area contributed by atoms with Gasteiger partial charge in [0.25, 0.3) is 0 Å². The quantitative estimate of drug-likeness (QED) is 0.502. The molecule has 3 aromatic heterocycles. The molecule has 3 heterocycles. The summed E-state index contributed by atoms with van der Waals surface area (Å²) in [5.74, 6) is 6.40. The van der Waals surface area contributed by atoms with Crippen LogP contribution >= 0.6 is 11.3 Å². The van der Waals surface area contributed by atoms with Crippen molar-refractivity contribution in [1.29, 1.82) is 0 Å². The van der Waals surface area contributed by atoms with Crippen molar-refractivity contribution in [3.8, 4) is 22.5 Å². The Hall–Kier alpha value is -3.11. The van der Waals surface area contributed by atoms with Crippen LogP contribution in [0.3, 0.4) is 0 Å². The summed E-state index contributed by atoms with van der Waals surface area (Å²) < 4.78 is 15.1. The van der Waals surface area contributed by atoms with E-state index in [4.69, 9.17) is 0 Å². The normalized spacial score (nSPS) is 10.6. The fourth-order valence-corrected chi connectivity index (χ4v) is 2.80. The molecule has 0 aliphatic heterocycles. The molecule has 4 aromatic rings. The number of fused-ring (bicyclic) bond motifs is 1. The van der Waals surface area contributed by atoms with Gasteiger partial charge in [-0.1, -0.05) is 0 Å². The molecular formula is C17H10FN5S. The van der Waals surface area contributed by atoms with Gasteiger partial charge in [-0.3, -0.25) is 0 Å². The third-order valence-corrected chi connectivity index (χ3v) is 4.15. The Labute approximate surface area is 140 Å². The van der Waals surface area contributed by atoms with Crippen LogP contribution in [0.1, 0.15) is 11.6 Å². The number of rotatable bonds is 1. The highest BCUT2D eigenvalue weighted by atomic mass is 32.1. The van der Waals surface area contributed by atoms with E-state index in [2.05, 4.69) is 31.8 Å². The van der Waals surface area contributed by atoms with Crippen molar-refractivity contribution >= 4 is 22.2 Å². The van der Waals surface area contributed by atoms with Crippen molar-refractivity contribution in [2.45, 2.75) is 0 Å². The number of halogens is 1. The lowest BCUT2D eigenvalue weighted by Gasteiger charge is -1.96. The van der Waals surface area contributed by atoms with E-state index < -0.39 is 0 Å². The second kappa shape index (κ2) is 5.83. The van der Waals surface area contributed by atoms with E-state index in [1.807, 2.05) is 23.2 Å². The minimum absolute atomic E-state index is 0.326. The maximum atomic E-state index is 13.3. The minimum Gasteiger partial charge on any atom is -0.327 e. The van der Waals surface area contributed by atoms with Crippen LogP contribution in [-0.2, 0) is 7.05 Å². The number of hydrogen-bond acceptors (Lipinski definition) is 5. The number of thiazole rings is 1. The first kappa shape index (κ1) is 14.5. The van der Waals surface area contributed by atoms with Crippen molar-refractivity contribution in [2.24, 2.45) is 7.05 Å². The van der Waals surface area contributed by atoms with Gasteiger partial charge in [-0.05, 0) is 24.0 Å². The number of benzene rings is 1. The summed E-state index contributed by atoms with van der Waals surface area (Å²) in [6.07, 6.45) is 5.24. The summed E-state index contributed by atoms with van der Waals surface area (Å²) in [4.78, 5) is 17.2. The molecule has 0 fully saturated rings. The molecule has 5 nitrogen and oxygen atoms in total. The van der Waals surface area contributed by atoms with Gasteiger partial charge >= 0.3 is 0 Å². The van der Waals surface area contributed by atoms with Crippen molar-refractivity contribution in [2.75, 3.05) is 0 Å². The first-order valence-corrected chi connectivity index (χ1v) is 7.94. The fraction of sp³-hybridized carbons (Fsp3) is 0.0588. The van der Waals surface area contributed by atoms with Gasteiger partial charge in [0, 0.05) is 42.5 Å². The summed E-state index contributed by atoms with van der Waals surface area (Å²) >= 11 is 1.52. The Bertz CT molecular complexity index is 1090. The molecule has 0 saturated carbocycles. The maximum absolute atomic E-state index is 13.3. The molecule has 0 N–H and O–H groups in total. The third-order valence-electron chi connectivity index (χ3n) is 3.36. The standard InChI is InChI=1S/C17H10FN5S/c1-23-10-14(17-19-6-7-24-17)22-16(23)5-4-15-20-9-11-2-3-12(18)8-13(11)21-15/h2-3,6-10H,1H3. The maximum Gasteiger partial charge on any atom is 0.205 e. The monoisotopic (exact) mass is 335 g/mol. The van der Waals surface area contributed by atoms with Gasteiger partial charge in [0.15, 0.2) is 5.82 Å². The Kier molecular flexibility index (Phi) is 3.52. The first-order chi connectivity index (χ1) is 11.7. The van der Waals surface area contributed by atoms with Crippen LogP contribution in [0.15, 0.2) is 42.2 Å². The molecule has 0 atom stereocenters. The van der Waals surface area contributed by atoms with Gasteiger partial charge in [-0.2, -0.15) is 0 Å². The summed E-state index contributed by atoms with van der Waals surface area (Å²) in [7, 11) is 1.87. The van der Waals surface area contributed by atoms with Crippen LogP contribution < -0.4 is 0 Å². The zero-order valence-electron chi connectivity index (χ0n) is 12.6. The van der Waals surface area contributed by atoms with Gasteiger partial charge in [-0.15, -0.1) is 11.3 Å². The molecule has 24 heavy (non-hydrogen) atoms. The first-order valence-electron chi connectivity index (χ1n) is 7.06. The second-order valence-corrected chi connectivity index (χ2v) is 5.94. The molecule has 0 aliphatic carbocycles. The summed E-state index contributed by atoms with van der Waals surface area (Å²) in [6, 6.07) is 4.38. The molecule has 1 aromatic carbocycles. The highest BCUT2D eigenvalue weighted by Gasteiger charge is 2.07. The highest BCUT2D eigenvalue weighted by Crippen LogP contribution is 2.20. The molecule has 0 aliphatic rings. The van der Waals surface area contributed by atoms with Gasteiger partial charge in [0.1, 0.15) is 16.5 Å². The van der Waals surface area contributed by atoms with Gasteiger partial charge in [-0.25, -0.2) is 24.3 Å². The van der Waals surface area contributed by atoms with Gasteiger partial charge < -0.3 is 4.57 Å². The van der Waals surface area contributed by atoms with Crippen molar-refractivity contribution in [1.82, 2.24) is 24.5 Å². The molecule has 4 rings (SSSR count). The average Bonchev–Trinajstić information content (AvgIpc) is 3.22. The molecule has 0 unspecified atom stereocenters. The lowest BCUT2D eigenvalue weighted by atomic mass is 10.2. The van der Waals surface area contributed by atoms with E-state index in [9.17, 15) is 4.39 Å². The van der Waals surface area contributed by atoms with E-state index in [1.165, 1.54) is 23.5 Å². The number of hydrogen-bond donors (Lipinski definition) is 0. The minimum atomic E-state index is -0.336. The lowest BCUT2D eigenvalue weighted by molar-refractivity contribution is 0.629. The Morgan fingerprint density at radius 1 is 1.17 bits per heavy atom. The van der Waals surface area contributed by atoms with Crippen LogP contribution in [0.2, 0.25) is 0 Å². The third kappa shape index (κ3) is 2.75. The van der Waals surface area contributed by atoms with Crippen molar-refractivity contribution < 1.29 is 4.39 Å². The van der Waals surface area contributed by atoms with E-state index in [-0.39, 0.29) is 5.82 Å². The second-order valence-electron chi connectivity index (χ2n) is 5.04. The smallest absolute Gasteiger partial charge is 0.205 e. The molecule has 7 heteroatoms. The summed E-state index contributed by atoms with van der Waals surface area (Å²) in [6.45, 7) is 0. The largest absolute Gasteiger partial charge is 0.327 e. The topological polar surface area (TPSA) is 56.5 Å². The summed E-state index contributed by atoms with van der Waals surface area (Å²) in [5.41, 5.74) is 1.30. The van der Waals surface area contributed by atoms with E-state index >= 15 is 0 Å². The Morgan fingerprint density at radius 2 is 2.08 bits per heavy atom. The fourth-order valence-electron chi connectivity index (χ4n) is 2.20. The van der Waals surface area contributed by atoms with Crippen molar-refractivity contribution in [3.63, 3.8) is 0 Å². The number of aromatic nitrogens is 5. The number of aryl methyl sites for hydroxylation is 1. The van der Waals surface area contributed by atoms with E-state index in [0.717, 1.165) is 16.1 Å². The van der Waals surface area contributed by atoms with Crippen LogP contribution in [0.4, 0.5) is 4.39 Å².